The molecule has 5 heteroatoms. The summed E-state index contributed by atoms with van der Waals surface area (Å²) in [6, 6.07) is 10.7. The van der Waals surface area contributed by atoms with Crippen molar-refractivity contribution in [3.63, 3.8) is 0 Å². The van der Waals surface area contributed by atoms with E-state index in [0.29, 0.717) is 0 Å². The number of hydrogen-bond acceptors (Lipinski definition) is 4. The lowest BCUT2D eigenvalue weighted by Gasteiger charge is -2.00. The highest BCUT2D eigenvalue weighted by molar-refractivity contribution is 7.18. The molecular formula is C11H9NO3S. The van der Waals surface area contributed by atoms with E-state index in [1.54, 1.807) is 13.2 Å². The molecule has 4 nitrogen and oxygen atoms in total. The van der Waals surface area contributed by atoms with Crippen LogP contribution >= 0.6 is 11.3 Å². The Morgan fingerprint density at radius 1 is 1.19 bits per heavy atom. The first-order valence-electron chi connectivity index (χ1n) is 4.59. The molecule has 82 valence electrons. The highest BCUT2D eigenvalue weighted by atomic mass is 32.1. The first-order chi connectivity index (χ1) is 7.70. The summed E-state index contributed by atoms with van der Waals surface area (Å²) >= 11 is 1.17. The molecule has 0 amide bonds. The molecule has 0 saturated carbocycles. The highest BCUT2D eigenvalue weighted by Gasteiger charge is 2.10. The highest BCUT2D eigenvalue weighted by Crippen LogP contribution is 2.33. The summed E-state index contributed by atoms with van der Waals surface area (Å²) in [5.41, 5.74) is 0.957. The minimum Gasteiger partial charge on any atom is -0.497 e. The molecule has 0 fully saturated rings. The van der Waals surface area contributed by atoms with E-state index in [4.69, 9.17) is 4.74 Å². The van der Waals surface area contributed by atoms with Crippen LogP contribution in [0.1, 0.15) is 0 Å². The molecular weight excluding hydrogens is 226 g/mol. The van der Waals surface area contributed by atoms with Crippen LogP contribution in [0.5, 0.6) is 5.75 Å². The van der Waals surface area contributed by atoms with Gasteiger partial charge >= 0.3 is 5.00 Å². The number of rotatable bonds is 3. The van der Waals surface area contributed by atoms with Gasteiger partial charge in [-0.2, -0.15) is 0 Å². The van der Waals surface area contributed by atoms with Crippen LogP contribution < -0.4 is 4.74 Å². The molecule has 0 N–H and O–H groups in total. The van der Waals surface area contributed by atoms with Gasteiger partial charge in [0.25, 0.3) is 0 Å². The van der Waals surface area contributed by atoms with Crippen LogP contribution in [-0.2, 0) is 0 Å². The molecule has 0 unspecified atom stereocenters. The fraction of sp³-hybridized carbons (Fsp3) is 0.0909. The third-order valence-electron chi connectivity index (χ3n) is 2.15. The zero-order valence-corrected chi connectivity index (χ0v) is 9.36. The normalized spacial score (nSPS) is 10.1. The van der Waals surface area contributed by atoms with Crippen molar-refractivity contribution >= 4 is 16.3 Å². The monoisotopic (exact) mass is 235 g/mol. The van der Waals surface area contributed by atoms with Gasteiger partial charge in [-0.1, -0.05) is 11.3 Å². The molecule has 16 heavy (non-hydrogen) atoms. The minimum atomic E-state index is -0.377. The van der Waals surface area contributed by atoms with Crippen molar-refractivity contribution in [2.45, 2.75) is 0 Å². The molecule has 0 spiro atoms. The van der Waals surface area contributed by atoms with E-state index in [0.717, 1.165) is 16.2 Å². The summed E-state index contributed by atoms with van der Waals surface area (Å²) in [7, 11) is 1.60. The summed E-state index contributed by atoms with van der Waals surface area (Å²) in [6.07, 6.45) is 0. The molecule has 2 rings (SSSR count). The number of hydrogen-bond donors (Lipinski definition) is 0. The molecule has 0 atom stereocenters. The first kappa shape index (κ1) is 10.6. The van der Waals surface area contributed by atoms with Crippen LogP contribution in [0, 0.1) is 10.1 Å². The lowest BCUT2D eigenvalue weighted by atomic mass is 10.2. The van der Waals surface area contributed by atoms with Crippen molar-refractivity contribution in [2.75, 3.05) is 7.11 Å². The summed E-state index contributed by atoms with van der Waals surface area (Å²) < 4.78 is 5.04. The summed E-state index contributed by atoms with van der Waals surface area (Å²) in [5.74, 6) is 0.773. The Labute approximate surface area is 96.3 Å². The Morgan fingerprint density at radius 3 is 2.38 bits per heavy atom. The second-order valence-corrected chi connectivity index (χ2v) is 4.19. The van der Waals surface area contributed by atoms with Gasteiger partial charge in [-0.05, 0) is 35.9 Å². The minimum absolute atomic E-state index is 0.158. The lowest BCUT2D eigenvalue weighted by molar-refractivity contribution is -0.380. The number of thiophene rings is 1. The summed E-state index contributed by atoms with van der Waals surface area (Å²) in [4.78, 5) is 11.0. The third-order valence-corrected chi connectivity index (χ3v) is 3.23. The van der Waals surface area contributed by atoms with Crippen LogP contribution in [0.4, 0.5) is 5.00 Å². The van der Waals surface area contributed by atoms with E-state index >= 15 is 0 Å². The Morgan fingerprint density at radius 2 is 1.88 bits per heavy atom. The maximum atomic E-state index is 10.5. The molecule has 0 radical (unpaired) electrons. The zero-order valence-electron chi connectivity index (χ0n) is 8.54. The van der Waals surface area contributed by atoms with Crippen molar-refractivity contribution in [2.24, 2.45) is 0 Å². The molecule has 0 aliphatic rings. The fourth-order valence-corrected chi connectivity index (χ4v) is 2.16. The second kappa shape index (κ2) is 4.32. The summed E-state index contributed by atoms with van der Waals surface area (Å²) in [5, 5.41) is 10.7. The van der Waals surface area contributed by atoms with E-state index < -0.39 is 0 Å². The van der Waals surface area contributed by atoms with Gasteiger partial charge in [-0.15, -0.1) is 0 Å². The SMILES string of the molecule is COc1ccc(-c2ccc([N+](=O)[O-])s2)cc1. The Hall–Kier alpha value is -1.88. The topological polar surface area (TPSA) is 52.4 Å². The summed E-state index contributed by atoms with van der Waals surface area (Å²) in [6.45, 7) is 0. The molecule has 0 aliphatic heterocycles. The zero-order chi connectivity index (χ0) is 11.5. The Balaban J connectivity index is 2.31. The van der Waals surface area contributed by atoms with Gasteiger partial charge in [0.05, 0.1) is 12.0 Å². The molecule has 1 aromatic heterocycles. The fourth-order valence-electron chi connectivity index (χ4n) is 1.34. The van der Waals surface area contributed by atoms with E-state index in [-0.39, 0.29) is 9.92 Å². The van der Waals surface area contributed by atoms with Gasteiger partial charge in [0.2, 0.25) is 0 Å². The third kappa shape index (κ3) is 2.04. The standard InChI is InChI=1S/C11H9NO3S/c1-15-9-4-2-8(3-5-9)10-6-7-11(16-10)12(13)14/h2-7H,1H3. The smallest absolute Gasteiger partial charge is 0.324 e. The van der Waals surface area contributed by atoms with E-state index in [2.05, 4.69) is 0 Å². The number of nitrogens with zero attached hydrogens (tertiary/aromatic N) is 1. The van der Waals surface area contributed by atoms with Crippen molar-refractivity contribution < 1.29 is 9.66 Å². The Kier molecular flexibility index (Phi) is 2.87. The maximum absolute atomic E-state index is 10.5. The van der Waals surface area contributed by atoms with Crippen LogP contribution in [0.25, 0.3) is 10.4 Å². The maximum Gasteiger partial charge on any atom is 0.324 e. The molecule has 1 aromatic carbocycles. The van der Waals surface area contributed by atoms with Gasteiger partial charge in [0.15, 0.2) is 0 Å². The predicted octanol–water partition coefficient (Wildman–Crippen LogP) is 3.33. The van der Waals surface area contributed by atoms with Crippen molar-refractivity contribution in [3.05, 3.63) is 46.5 Å². The number of methoxy groups -OCH3 is 1. The van der Waals surface area contributed by atoms with Gasteiger partial charge in [0, 0.05) is 10.9 Å². The van der Waals surface area contributed by atoms with Crippen molar-refractivity contribution in [1.82, 2.24) is 0 Å². The van der Waals surface area contributed by atoms with Crippen LogP contribution in [-0.4, -0.2) is 12.0 Å². The van der Waals surface area contributed by atoms with Crippen LogP contribution in [0.15, 0.2) is 36.4 Å². The average molecular weight is 235 g/mol. The molecule has 0 saturated heterocycles. The Bertz CT molecular complexity index is 504. The quantitative estimate of drug-likeness (QED) is 0.605. The van der Waals surface area contributed by atoms with E-state index in [1.165, 1.54) is 17.4 Å². The number of ether oxygens (including phenoxy) is 1. The lowest BCUT2D eigenvalue weighted by Crippen LogP contribution is -1.81. The number of benzene rings is 1. The van der Waals surface area contributed by atoms with Gasteiger partial charge in [0.1, 0.15) is 5.75 Å². The average Bonchev–Trinajstić information content (AvgIpc) is 2.78. The largest absolute Gasteiger partial charge is 0.497 e. The molecule has 2 aromatic rings. The van der Waals surface area contributed by atoms with Gasteiger partial charge < -0.3 is 4.74 Å². The predicted molar refractivity (Wildman–Crippen MR) is 63.0 cm³/mol. The molecule has 0 bridgehead atoms. The van der Waals surface area contributed by atoms with E-state index in [9.17, 15) is 10.1 Å². The second-order valence-electron chi connectivity index (χ2n) is 3.12. The van der Waals surface area contributed by atoms with Crippen molar-refractivity contribution in [1.29, 1.82) is 0 Å². The first-order valence-corrected chi connectivity index (χ1v) is 5.41. The van der Waals surface area contributed by atoms with Gasteiger partial charge in [-0.25, -0.2) is 0 Å². The molecule has 1 heterocycles. The molecule has 0 aliphatic carbocycles. The van der Waals surface area contributed by atoms with E-state index in [1.807, 2.05) is 24.3 Å². The van der Waals surface area contributed by atoms with Crippen LogP contribution in [0.2, 0.25) is 0 Å². The van der Waals surface area contributed by atoms with Crippen LogP contribution in [0.3, 0.4) is 0 Å². The van der Waals surface area contributed by atoms with Gasteiger partial charge in [-0.3, -0.25) is 10.1 Å². The van der Waals surface area contributed by atoms with Crippen molar-refractivity contribution in [3.8, 4) is 16.2 Å². The number of nitro groups is 1.